The van der Waals surface area contributed by atoms with Crippen molar-refractivity contribution in [2.24, 2.45) is 5.41 Å². The predicted molar refractivity (Wildman–Crippen MR) is 110 cm³/mol. The number of urea groups is 1. The van der Waals surface area contributed by atoms with Gasteiger partial charge in [-0.05, 0) is 48.9 Å². The number of hydrogen-bond donors (Lipinski definition) is 2. The molecule has 0 radical (unpaired) electrons. The largest absolute Gasteiger partial charge is 0.396 e. The van der Waals surface area contributed by atoms with Gasteiger partial charge in [0.2, 0.25) is 0 Å². The summed E-state index contributed by atoms with van der Waals surface area (Å²) in [6, 6.07) is 15.6. The Morgan fingerprint density at radius 2 is 1.74 bits per heavy atom. The van der Waals surface area contributed by atoms with Crippen LogP contribution in [0.3, 0.4) is 0 Å². The Balaban J connectivity index is 1.63. The monoisotopic (exact) mass is 386 g/mol. The van der Waals surface area contributed by atoms with Gasteiger partial charge in [0, 0.05) is 35.8 Å². The lowest BCUT2D eigenvalue weighted by Crippen LogP contribution is -2.47. The van der Waals surface area contributed by atoms with Crippen molar-refractivity contribution < 1.29 is 9.90 Å². The smallest absolute Gasteiger partial charge is 0.321 e. The van der Waals surface area contributed by atoms with Gasteiger partial charge in [0.25, 0.3) is 0 Å². The number of benzene rings is 2. The molecule has 4 nitrogen and oxygen atoms in total. The fraction of sp³-hybridized carbons (Fsp3) is 0.409. The Hall–Kier alpha value is -2.04. The van der Waals surface area contributed by atoms with Crippen LogP contribution in [0.1, 0.15) is 30.9 Å². The number of amides is 2. The molecule has 0 saturated carbocycles. The molecule has 0 spiro atoms. The Labute approximate surface area is 166 Å². The standard InChI is InChI=1S/C22H27ClN2O2/c1-2-17-7-4-6-10-20(17)24-21(27)25-13-11-22(16-26,12-14-25)15-18-8-3-5-9-19(18)23/h3-10,26H,2,11-16H2,1H3,(H,24,27). The molecule has 0 aliphatic carbocycles. The molecule has 2 aromatic carbocycles. The topological polar surface area (TPSA) is 52.6 Å². The minimum atomic E-state index is -0.219. The van der Waals surface area contributed by atoms with E-state index >= 15 is 0 Å². The van der Waals surface area contributed by atoms with Gasteiger partial charge in [0.15, 0.2) is 0 Å². The maximum absolute atomic E-state index is 12.7. The highest BCUT2D eigenvalue weighted by Crippen LogP contribution is 2.36. The zero-order valence-corrected chi connectivity index (χ0v) is 16.5. The highest BCUT2D eigenvalue weighted by Gasteiger charge is 2.36. The molecule has 0 atom stereocenters. The molecule has 2 aromatic rings. The number of hydrogen-bond acceptors (Lipinski definition) is 2. The number of nitrogens with one attached hydrogen (secondary N) is 1. The number of para-hydroxylation sites is 1. The molecule has 27 heavy (non-hydrogen) atoms. The van der Waals surface area contributed by atoms with Crippen molar-refractivity contribution in [1.82, 2.24) is 4.90 Å². The molecule has 2 N–H and O–H groups in total. The Morgan fingerprint density at radius 3 is 2.37 bits per heavy atom. The summed E-state index contributed by atoms with van der Waals surface area (Å²) in [5, 5.41) is 13.8. The van der Waals surface area contributed by atoms with Crippen molar-refractivity contribution in [2.75, 3.05) is 25.0 Å². The third kappa shape index (κ3) is 4.63. The number of aryl methyl sites for hydroxylation is 1. The van der Waals surface area contributed by atoms with E-state index in [2.05, 4.69) is 12.2 Å². The number of aliphatic hydroxyl groups excluding tert-OH is 1. The molecule has 5 heteroatoms. The lowest BCUT2D eigenvalue weighted by molar-refractivity contribution is 0.0576. The molecule has 144 valence electrons. The number of aliphatic hydroxyl groups is 1. The number of carbonyl (C=O) groups excluding carboxylic acids is 1. The van der Waals surface area contributed by atoms with Crippen LogP contribution in [0.15, 0.2) is 48.5 Å². The van der Waals surface area contributed by atoms with E-state index in [0.29, 0.717) is 13.1 Å². The average Bonchev–Trinajstić information content (AvgIpc) is 2.70. The van der Waals surface area contributed by atoms with Crippen LogP contribution in [-0.2, 0) is 12.8 Å². The summed E-state index contributed by atoms with van der Waals surface area (Å²) in [6.45, 7) is 3.44. The van der Waals surface area contributed by atoms with Crippen LogP contribution in [0.4, 0.5) is 10.5 Å². The molecular weight excluding hydrogens is 360 g/mol. The van der Waals surface area contributed by atoms with E-state index in [1.165, 1.54) is 0 Å². The first kappa shape index (κ1) is 19.7. The minimum Gasteiger partial charge on any atom is -0.396 e. The van der Waals surface area contributed by atoms with Gasteiger partial charge in [-0.2, -0.15) is 0 Å². The van der Waals surface area contributed by atoms with Crippen LogP contribution in [0.25, 0.3) is 0 Å². The van der Waals surface area contributed by atoms with Gasteiger partial charge in [-0.3, -0.25) is 0 Å². The average molecular weight is 387 g/mol. The van der Waals surface area contributed by atoms with Crippen molar-refractivity contribution in [2.45, 2.75) is 32.6 Å². The van der Waals surface area contributed by atoms with Crippen molar-refractivity contribution >= 4 is 23.3 Å². The number of halogens is 1. The number of carbonyl (C=O) groups is 1. The van der Waals surface area contributed by atoms with Gasteiger partial charge in [-0.25, -0.2) is 4.79 Å². The van der Waals surface area contributed by atoms with Crippen molar-refractivity contribution in [3.8, 4) is 0 Å². The number of anilines is 1. The fourth-order valence-electron chi connectivity index (χ4n) is 3.77. The van der Waals surface area contributed by atoms with Crippen molar-refractivity contribution in [3.63, 3.8) is 0 Å². The van der Waals surface area contributed by atoms with E-state index in [1.54, 1.807) is 0 Å². The fourth-order valence-corrected chi connectivity index (χ4v) is 3.97. The highest BCUT2D eigenvalue weighted by molar-refractivity contribution is 6.31. The van der Waals surface area contributed by atoms with E-state index in [9.17, 15) is 9.90 Å². The number of likely N-dealkylation sites (tertiary alicyclic amines) is 1. The number of rotatable bonds is 5. The molecule has 1 aliphatic heterocycles. The minimum absolute atomic E-state index is 0.0693. The van der Waals surface area contributed by atoms with Gasteiger partial charge < -0.3 is 15.3 Å². The van der Waals surface area contributed by atoms with Crippen LogP contribution in [-0.4, -0.2) is 35.7 Å². The molecular formula is C22H27ClN2O2. The lowest BCUT2D eigenvalue weighted by atomic mass is 9.74. The second-order valence-corrected chi connectivity index (χ2v) is 7.76. The quantitative estimate of drug-likeness (QED) is 0.778. The van der Waals surface area contributed by atoms with Gasteiger partial charge >= 0.3 is 6.03 Å². The summed E-state index contributed by atoms with van der Waals surface area (Å²) in [6.07, 6.45) is 3.13. The SMILES string of the molecule is CCc1ccccc1NC(=O)N1CCC(CO)(Cc2ccccc2Cl)CC1. The summed E-state index contributed by atoms with van der Waals surface area (Å²) in [7, 11) is 0. The number of piperidine rings is 1. The molecule has 1 heterocycles. The Bertz CT molecular complexity index is 785. The van der Waals surface area contributed by atoms with E-state index in [-0.39, 0.29) is 18.1 Å². The summed E-state index contributed by atoms with van der Waals surface area (Å²) in [5.41, 5.74) is 2.85. The maximum Gasteiger partial charge on any atom is 0.321 e. The summed E-state index contributed by atoms with van der Waals surface area (Å²) in [4.78, 5) is 14.5. The molecule has 0 aromatic heterocycles. The van der Waals surface area contributed by atoms with Crippen LogP contribution in [0.2, 0.25) is 5.02 Å². The number of nitrogens with zero attached hydrogens (tertiary/aromatic N) is 1. The molecule has 1 saturated heterocycles. The summed E-state index contributed by atoms with van der Waals surface area (Å²) >= 11 is 6.30. The van der Waals surface area contributed by atoms with Gasteiger partial charge in [-0.1, -0.05) is 54.9 Å². The third-order valence-corrected chi connectivity index (χ3v) is 5.98. The summed E-state index contributed by atoms with van der Waals surface area (Å²) in [5.74, 6) is 0. The second-order valence-electron chi connectivity index (χ2n) is 7.35. The molecule has 2 amide bonds. The maximum atomic E-state index is 12.7. The molecule has 0 unspecified atom stereocenters. The predicted octanol–water partition coefficient (Wildman–Crippen LogP) is 4.75. The van der Waals surface area contributed by atoms with E-state index < -0.39 is 0 Å². The first-order chi connectivity index (χ1) is 13.1. The van der Waals surface area contributed by atoms with E-state index in [1.807, 2.05) is 53.4 Å². The zero-order chi connectivity index (χ0) is 19.3. The van der Waals surface area contributed by atoms with Crippen molar-refractivity contribution in [3.05, 3.63) is 64.7 Å². The summed E-state index contributed by atoms with van der Waals surface area (Å²) < 4.78 is 0. The first-order valence-electron chi connectivity index (χ1n) is 9.55. The first-order valence-corrected chi connectivity index (χ1v) is 9.93. The van der Waals surface area contributed by atoms with Crippen LogP contribution in [0, 0.1) is 5.41 Å². The van der Waals surface area contributed by atoms with Gasteiger partial charge in [0.05, 0.1) is 0 Å². The molecule has 0 bridgehead atoms. The molecule has 1 aliphatic rings. The third-order valence-electron chi connectivity index (χ3n) is 5.61. The van der Waals surface area contributed by atoms with Crippen molar-refractivity contribution in [1.29, 1.82) is 0 Å². The molecule has 3 rings (SSSR count). The second kappa shape index (κ2) is 8.77. The van der Waals surface area contributed by atoms with Crippen LogP contribution in [0.5, 0.6) is 0 Å². The van der Waals surface area contributed by atoms with E-state index in [4.69, 9.17) is 11.6 Å². The van der Waals surface area contributed by atoms with E-state index in [0.717, 1.165) is 47.5 Å². The normalized spacial score (nSPS) is 16.2. The Kier molecular flexibility index (Phi) is 6.40. The molecule has 1 fully saturated rings. The van der Waals surface area contributed by atoms with Gasteiger partial charge in [-0.15, -0.1) is 0 Å². The zero-order valence-electron chi connectivity index (χ0n) is 15.7. The van der Waals surface area contributed by atoms with Crippen LogP contribution < -0.4 is 5.32 Å². The Morgan fingerprint density at radius 1 is 1.11 bits per heavy atom. The van der Waals surface area contributed by atoms with Gasteiger partial charge in [0.1, 0.15) is 0 Å². The lowest BCUT2D eigenvalue weighted by Gasteiger charge is -2.41. The highest BCUT2D eigenvalue weighted by atomic mass is 35.5. The van der Waals surface area contributed by atoms with Crippen LogP contribution >= 0.6 is 11.6 Å².